The fourth-order valence-corrected chi connectivity index (χ4v) is 2.17. The van der Waals surface area contributed by atoms with Crippen LogP contribution in [0.1, 0.15) is 33.6 Å². The second kappa shape index (κ2) is 7.67. The van der Waals surface area contributed by atoms with Gasteiger partial charge < -0.3 is 15.1 Å². The quantitative estimate of drug-likeness (QED) is 0.712. The SMILES string of the molecule is CCCNc1c(NC(=O)N[C@@H](C)CC)c(=O)oc2ccccc12. The topological polar surface area (TPSA) is 83.4 Å². The van der Waals surface area contributed by atoms with E-state index in [2.05, 4.69) is 16.0 Å². The van der Waals surface area contributed by atoms with E-state index >= 15 is 0 Å². The van der Waals surface area contributed by atoms with Crippen LogP contribution in [0.4, 0.5) is 16.2 Å². The Balaban J connectivity index is 2.42. The van der Waals surface area contributed by atoms with Crippen LogP contribution in [0.15, 0.2) is 33.5 Å². The van der Waals surface area contributed by atoms with Crippen molar-refractivity contribution in [3.63, 3.8) is 0 Å². The zero-order valence-electron chi connectivity index (χ0n) is 13.7. The highest BCUT2D eigenvalue weighted by Crippen LogP contribution is 2.28. The first-order chi connectivity index (χ1) is 11.1. The van der Waals surface area contributed by atoms with Gasteiger partial charge in [-0.05, 0) is 31.9 Å². The van der Waals surface area contributed by atoms with Crippen molar-refractivity contribution in [2.45, 2.75) is 39.7 Å². The Bertz CT molecular complexity index is 739. The first kappa shape index (κ1) is 16.9. The Morgan fingerprint density at radius 1 is 1.22 bits per heavy atom. The second-order valence-corrected chi connectivity index (χ2v) is 5.47. The molecule has 1 aromatic carbocycles. The second-order valence-electron chi connectivity index (χ2n) is 5.47. The van der Waals surface area contributed by atoms with E-state index in [1.165, 1.54) is 0 Å². The lowest BCUT2D eigenvalue weighted by Gasteiger charge is -2.16. The number of carbonyl (C=O) groups is 1. The zero-order chi connectivity index (χ0) is 16.8. The van der Waals surface area contributed by atoms with Gasteiger partial charge in [-0.2, -0.15) is 0 Å². The van der Waals surface area contributed by atoms with E-state index < -0.39 is 11.7 Å². The normalized spacial score (nSPS) is 12.0. The molecule has 2 aromatic rings. The molecule has 6 nitrogen and oxygen atoms in total. The largest absolute Gasteiger partial charge is 0.421 e. The summed E-state index contributed by atoms with van der Waals surface area (Å²) in [6.07, 6.45) is 1.70. The molecule has 0 aliphatic rings. The fourth-order valence-electron chi connectivity index (χ4n) is 2.17. The van der Waals surface area contributed by atoms with Crippen molar-refractivity contribution < 1.29 is 9.21 Å². The molecule has 0 saturated carbocycles. The molecule has 6 heteroatoms. The van der Waals surface area contributed by atoms with Gasteiger partial charge in [0, 0.05) is 18.0 Å². The maximum atomic E-state index is 12.3. The van der Waals surface area contributed by atoms with Crippen molar-refractivity contribution in [3.8, 4) is 0 Å². The summed E-state index contributed by atoms with van der Waals surface area (Å²) in [5.74, 6) is 0. The van der Waals surface area contributed by atoms with Crippen LogP contribution in [0.25, 0.3) is 11.0 Å². The molecule has 0 unspecified atom stereocenters. The van der Waals surface area contributed by atoms with Gasteiger partial charge >= 0.3 is 11.7 Å². The monoisotopic (exact) mass is 317 g/mol. The molecule has 1 aromatic heterocycles. The van der Waals surface area contributed by atoms with Crippen LogP contribution in [0, 0.1) is 0 Å². The van der Waals surface area contributed by atoms with E-state index in [1.807, 2.05) is 32.9 Å². The number of hydrogen-bond acceptors (Lipinski definition) is 4. The lowest BCUT2D eigenvalue weighted by atomic mass is 10.2. The lowest BCUT2D eigenvalue weighted by molar-refractivity contribution is 0.249. The molecular formula is C17H23N3O3. The highest BCUT2D eigenvalue weighted by Gasteiger charge is 2.17. The molecule has 0 saturated heterocycles. The van der Waals surface area contributed by atoms with Crippen molar-refractivity contribution in [2.24, 2.45) is 0 Å². The zero-order valence-corrected chi connectivity index (χ0v) is 13.7. The van der Waals surface area contributed by atoms with E-state index in [4.69, 9.17) is 4.42 Å². The van der Waals surface area contributed by atoms with Gasteiger partial charge in [0.25, 0.3) is 0 Å². The van der Waals surface area contributed by atoms with Gasteiger partial charge in [0.05, 0.1) is 5.69 Å². The first-order valence-corrected chi connectivity index (χ1v) is 7.94. The van der Waals surface area contributed by atoms with Crippen LogP contribution in [0.2, 0.25) is 0 Å². The van der Waals surface area contributed by atoms with Crippen molar-refractivity contribution >= 4 is 28.4 Å². The summed E-state index contributed by atoms with van der Waals surface area (Å²) in [7, 11) is 0. The predicted octanol–water partition coefficient (Wildman–Crippen LogP) is 3.53. The lowest BCUT2D eigenvalue weighted by Crippen LogP contribution is -2.37. The number of anilines is 2. The van der Waals surface area contributed by atoms with Gasteiger partial charge in [-0.3, -0.25) is 5.32 Å². The van der Waals surface area contributed by atoms with E-state index in [1.54, 1.807) is 12.1 Å². The van der Waals surface area contributed by atoms with E-state index in [0.717, 1.165) is 18.2 Å². The molecule has 0 bridgehead atoms. The fraction of sp³-hybridized carbons (Fsp3) is 0.412. The van der Waals surface area contributed by atoms with Gasteiger partial charge in [0.1, 0.15) is 5.58 Å². The minimum atomic E-state index is -0.568. The molecule has 1 atom stereocenters. The molecule has 0 aliphatic carbocycles. The van der Waals surface area contributed by atoms with E-state index in [9.17, 15) is 9.59 Å². The minimum Gasteiger partial charge on any atom is -0.421 e. The maximum absolute atomic E-state index is 12.3. The Morgan fingerprint density at radius 2 is 1.96 bits per heavy atom. The van der Waals surface area contributed by atoms with Crippen LogP contribution >= 0.6 is 0 Å². The molecule has 0 radical (unpaired) electrons. The van der Waals surface area contributed by atoms with Gasteiger partial charge in [-0.1, -0.05) is 26.0 Å². The van der Waals surface area contributed by atoms with Crippen LogP contribution in [-0.2, 0) is 0 Å². The number of fused-ring (bicyclic) bond motifs is 1. The predicted molar refractivity (Wildman–Crippen MR) is 93.2 cm³/mol. The first-order valence-electron chi connectivity index (χ1n) is 7.94. The number of carbonyl (C=O) groups excluding carboxylic acids is 1. The molecule has 23 heavy (non-hydrogen) atoms. The molecule has 0 aliphatic heterocycles. The molecule has 124 valence electrons. The van der Waals surface area contributed by atoms with Crippen LogP contribution in [0.3, 0.4) is 0 Å². The summed E-state index contributed by atoms with van der Waals surface area (Å²) in [5, 5.41) is 9.38. The summed E-state index contributed by atoms with van der Waals surface area (Å²) < 4.78 is 5.31. The van der Waals surface area contributed by atoms with Gasteiger partial charge in [0.15, 0.2) is 5.69 Å². The number of amides is 2. The molecule has 2 rings (SSSR count). The Morgan fingerprint density at radius 3 is 2.65 bits per heavy atom. The maximum Gasteiger partial charge on any atom is 0.362 e. The number of rotatable bonds is 6. The Labute approximate surface area is 135 Å². The van der Waals surface area contributed by atoms with Gasteiger partial charge in [0.2, 0.25) is 0 Å². The van der Waals surface area contributed by atoms with Crippen molar-refractivity contribution in [1.82, 2.24) is 5.32 Å². The molecule has 1 heterocycles. The molecule has 0 fully saturated rings. The molecule has 2 amide bonds. The highest BCUT2D eigenvalue weighted by atomic mass is 16.4. The van der Waals surface area contributed by atoms with Crippen molar-refractivity contribution in [1.29, 1.82) is 0 Å². The Hall–Kier alpha value is -2.50. The highest BCUT2D eigenvalue weighted by molar-refractivity contribution is 6.01. The third-order valence-corrected chi connectivity index (χ3v) is 3.59. The van der Waals surface area contributed by atoms with Gasteiger partial charge in [-0.15, -0.1) is 0 Å². The summed E-state index contributed by atoms with van der Waals surface area (Å²) >= 11 is 0. The molecule has 3 N–H and O–H groups in total. The summed E-state index contributed by atoms with van der Waals surface area (Å²) in [6.45, 7) is 6.60. The number of urea groups is 1. The summed E-state index contributed by atoms with van der Waals surface area (Å²) in [5.41, 5.74) is 0.654. The third kappa shape index (κ3) is 4.03. The minimum absolute atomic E-state index is 0.0227. The standard InChI is InChI=1S/C17H23N3O3/c1-4-10-18-14-12-8-6-7-9-13(12)23-16(21)15(14)20-17(22)19-11(3)5-2/h6-9,11,18H,4-5,10H2,1-3H3,(H2,19,20,22)/t11-/m0/s1. The van der Waals surface area contributed by atoms with Crippen molar-refractivity contribution in [2.75, 3.05) is 17.2 Å². The third-order valence-electron chi connectivity index (χ3n) is 3.59. The van der Waals surface area contributed by atoms with Crippen LogP contribution in [-0.4, -0.2) is 18.6 Å². The van der Waals surface area contributed by atoms with Crippen LogP contribution < -0.4 is 21.6 Å². The number of hydrogen-bond donors (Lipinski definition) is 3. The molecular weight excluding hydrogens is 294 g/mol. The number of benzene rings is 1. The average Bonchev–Trinajstić information content (AvgIpc) is 2.54. The van der Waals surface area contributed by atoms with E-state index in [-0.39, 0.29) is 11.7 Å². The van der Waals surface area contributed by atoms with E-state index in [0.29, 0.717) is 17.8 Å². The Kier molecular flexibility index (Phi) is 5.62. The average molecular weight is 317 g/mol. The summed E-state index contributed by atoms with van der Waals surface area (Å²) in [6, 6.07) is 6.86. The number of nitrogens with one attached hydrogen (secondary N) is 3. The van der Waals surface area contributed by atoms with Gasteiger partial charge in [-0.25, -0.2) is 9.59 Å². The smallest absolute Gasteiger partial charge is 0.362 e. The van der Waals surface area contributed by atoms with Crippen molar-refractivity contribution in [3.05, 3.63) is 34.7 Å². The molecule has 0 spiro atoms. The summed E-state index contributed by atoms with van der Waals surface area (Å²) in [4.78, 5) is 24.3. The van der Waals surface area contributed by atoms with Crippen LogP contribution in [0.5, 0.6) is 0 Å². The number of para-hydroxylation sites is 1.